The highest BCUT2D eigenvalue weighted by molar-refractivity contribution is 5.94. The van der Waals surface area contributed by atoms with Gasteiger partial charge in [0.05, 0.1) is 0 Å². The van der Waals surface area contributed by atoms with Crippen molar-refractivity contribution < 1.29 is 4.79 Å². The predicted molar refractivity (Wildman–Crippen MR) is 69.4 cm³/mol. The van der Waals surface area contributed by atoms with Gasteiger partial charge in [-0.05, 0) is 22.3 Å². The van der Waals surface area contributed by atoms with Gasteiger partial charge in [-0.2, -0.15) is 0 Å². The number of carbonyl (C=O) groups is 1. The third kappa shape index (κ3) is 1.22. The maximum atomic E-state index is 11.2. The predicted octanol–water partition coefficient (Wildman–Crippen LogP) is 3.81. The van der Waals surface area contributed by atoms with Gasteiger partial charge in [-0.1, -0.05) is 56.3 Å². The molecule has 1 aliphatic carbocycles. The summed E-state index contributed by atoms with van der Waals surface area (Å²) < 4.78 is 0. The van der Waals surface area contributed by atoms with Crippen LogP contribution in [0.4, 0.5) is 0 Å². The first-order chi connectivity index (χ1) is 8.16. The summed E-state index contributed by atoms with van der Waals surface area (Å²) in [6.45, 7) is 4.43. The van der Waals surface area contributed by atoms with Gasteiger partial charge >= 0.3 is 0 Å². The molecule has 0 saturated carbocycles. The van der Waals surface area contributed by atoms with Crippen molar-refractivity contribution in [2.24, 2.45) is 0 Å². The van der Waals surface area contributed by atoms with Crippen molar-refractivity contribution in [2.45, 2.75) is 19.3 Å². The van der Waals surface area contributed by atoms with Gasteiger partial charge in [-0.3, -0.25) is 4.79 Å². The van der Waals surface area contributed by atoms with Crippen LogP contribution in [-0.4, -0.2) is 6.29 Å². The van der Waals surface area contributed by atoms with Gasteiger partial charge in [0.2, 0.25) is 0 Å². The Morgan fingerprint density at radius 1 is 0.941 bits per heavy atom. The minimum atomic E-state index is -0.00898. The summed E-state index contributed by atoms with van der Waals surface area (Å²) >= 11 is 0. The molecule has 2 aromatic carbocycles. The van der Waals surface area contributed by atoms with Gasteiger partial charge in [-0.25, -0.2) is 0 Å². The molecule has 0 heterocycles. The van der Waals surface area contributed by atoms with E-state index in [4.69, 9.17) is 0 Å². The average Bonchev–Trinajstić information content (AvgIpc) is 2.60. The molecule has 0 fully saturated rings. The molecule has 0 radical (unpaired) electrons. The summed E-state index contributed by atoms with van der Waals surface area (Å²) in [7, 11) is 0. The molecule has 0 atom stereocenters. The van der Waals surface area contributed by atoms with E-state index in [1.807, 2.05) is 18.2 Å². The van der Waals surface area contributed by atoms with Crippen LogP contribution in [0.5, 0.6) is 0 Å². The molecule has 2 aromatic rings. The van der Waals surface area contributed by atoms with Gasteiger partial charge < -0.3 is 0 Å². The van der Waals surface area contributed by atoms with Gasteiger partial charge in [0.25, 0.3) is 0 Å². The van der Waals surface area contributed by atoms with Gasteiger partial charge in [0, 0.05) is 11.0 Å². The summed E-state index contributed by atoms with van der Waals surface area (Å²) in [6.07, 6.45) is 0.955. The zero-order valence-electron chi connectivity index (χ0n) is 10.0. The van der Waals surface area contributed by atoms with Crippen LogP contribution in [0.15, 0.2) is 42.5 Å². The molecule has 1 aliphatic rings. The molecule has 0 spiro atoms. The normalized spacial score (nSPS) is 15.2. The van der Waals surface area contributed by atoms with Gasteiger partial charge in [0.1, 0.15) is 0 Å². The molecule has 17 heavy (non-hydrogen) atoms. The smallest absolute Gasteiger partial charge is 0.150 e. The molecule has 1 heteroatoms. The number of aldehydes is 1. The van der Waals surface area contributed by atoms with Crippen LogP contribution >= 0.6 is 0 Å². The van der Waals surface area contributed by atoms with Crippen LogP contribution in [0, 0.1) is 0 Å². The van der Waals surface area contributed by atoms with Gasteiger partial charge in [-0.15, -0.1) is 0 Å². The van der Waals surface area contributed by atoms with Crippen LogP contribution < -0.4 is 0 Å². The molecule has 84 valence electrons. The van der Waals surface area contributed by atoms with Crippen molar-refractivity contribution in [1.29, 1.82) is 0 Å². The van der Waals surface area contributed by atoms with Crippen LogP contribution in [-0.2, 0) is 5.41 Å². The topological polar surface area (TPSA) is 17.1 Å². The largest absolute Gasteiger partial charge is 0.298 e. The van der Waals surface area contributed by atoms with E-state index >= 15 is 0 Å². The van der Waals surface area contributed by atoms with Crippen molar-refractivity contribution in [2.75, 3.05) is 0 Å². The lowest BCUT2D eigenvalue weighted by molar-refractivity contribution is 0.112. The van der Waals surface area contributed by atoms with E-state index in [-0.39, 0.29) is 5.41 Å². The number of hydrogen-bond donors (Lipinski definition) is 0. The van der Waals surface area contributed by atoms with Crippen LogP contribution in [0.3, 0.4) is 0 Å². The Morgan fingerprint density at radius 3 is 2.41 bits per heavy atom. The third-order valence-electron chi connectivity index (χ3n) is 3.77. The quantitative estimate of drug-likeness (QED) is 0.671. The van der Waals surface area contributed by atoms with E-state index < -0.39 is 0 Å². The Hall–Kier alpha value is -1.89. The molecular formula is C16H14O. The number of benzene rings is 2. The fourth-order valence-corrected chi connectivity index (χ4v) is 2.88. The second kappa shape index (κ2) is 3.30. The van der Waals surface area contributed by atoms with Gasteiger partial charge in [0.15, 0.2) is 6.29 Å². The first kappa shape index (κ1) is 10.3. The Kier molecular flexibility index (Phi) is 1.99. The van der Waals surface area contributed by atoms with Crippen molar-refractivity contribution in [1.82, 2.24) is 0 Å². The highest BCUT2D eigenvalue weighted by Crippen LogP contribution is 2.49. The average molecular weight is 222 g/mol. The molecule has 3 rings (SSSR count). The highest BCUT2D eigenvalue weighted by atomic mass is 16.1. The molecule has 1 nitrogen and oxygen atoms in total. The Balaban J connectivity index is 2.45. The van der Waals surface area contributed by atoms with E-state index in [9.17, 15) is 4.79 Å². The van der Waals surface area contributed by atoms with Crippen molar-refractivity contribution in [3.8, 4) is 11.1 Å². The molecule has 0 aliphatic heterocycles. The minimum Gasteiger partial charge on any atom is -0.298 e. The fourth-order valence-electron chi connectivity index (χ4n) is 2.88. The summed E-state index contributed by atoms with van der Waals surface area (Å²) in [5, 5.41) is 0. The number of rotatable bonds is 1. The lowest BCUT2D eigenvalue weighted by Gasteiger charge is -2.21. The zero-order chi connectivity index (χ0) is 12.0. The van der Waals surface area contributed by atoms with Crippen molar-refractivity contribution in [3.63, 3.8) is 0 Å². The summed E-state index contributed by atoms with van der Waals surface area (Å²) in [4.78, 5) is 11.2. The molecule has 0 bridgehead atoms. The Morgan fingerprint density at radius 2 is 1.65 bits per heavy atom. The zero-order valence-corrected chi connectivity index (χ0v) is 10.0. The number of fused-ring (bicyclic) bond motifs is 3. The van der Waals surface area contributed by atoms with Crippen molar-refractivity contribution in [3.05, 3.63) is 59.2 Å². The van der Waals surface area contributed by atoms with Crippen LogP contribution in [0.1, 0.15) is 35.3 Å². The van der Waals surface area contributed by atoms with Crippen LogP contribution in [0.25, 0.3) is 11.1 Å². The lowest BCUT2D eigenvalue weighted by atomic mass is 9.82. The maximum Gasteiger partial charge on any atom is 0.150 e. The SMILES string of the molecule is CC1(C)c2ccccc2-c2c(C=O)cccc21. The minimum absolute atomic E-state index is 0.00898. The molecule has 0 amide bonds. The van der Waals surface area contributed by atoms with Crippen molar-refractivity contribution >= 4 is 6.29 Å². The number of hydrogen-bond acceptors (Lipinski definition) is 1. The second-order valence-corrected chi connectivity index (χ2v) is 5.06. The van der Waals surface area contributed by atoms with Crippen LogP contribution in [0.2, 0.25) is 0 Å². The van der Waals surface area contributed by atoms with E-state index in [1.54, 1.807) is 0 Å². The molecular weight excluding hydrogens is 208 g/mol. The molecule has 0 saturated heterocycles. The summed E-state index contributed by atoms with van der Waals surface area (Å²) in [5.41, 5.74) is 5.66. The Labute approximate surface area is 101 Å². The monoisotopic (exact) mass is 222 g/mol. The fraction of sp³-hybridized carbons (Fsp3) is 0.188. The molecule has 0 aromatic heterocycles. The first-order valence-electron chi connectivity index (χ1n) is 5.85. The van der Waals surface area contributed by atoms with E-state index in [0.29, 0.717) is 0 Å². The lowest BCUT2D eigenvalue weighted by Crippen LogP contribution is -2.14. The summed E-state index contributed by atoms with van der Waals surface area (Å²) in [6, 6.07) is 14.3. The second-order valence-electron chi connectivity index (χ2n) is 5.06. The molecule has 0 N–H and O–H groups in total. The van der Waals surface area contributed by atoms with E-state index in [1.165, 1.54) is 16.7 Å². The Bertz CT molecular complexity index is 609. The van der Waals surface area contributed by atoms with E-state index in [2.05, 4.69) is 38.1 Å². The third-order valence-corrected chi connectivity index (χ3v) is 3.77. The highest BCUT2D eigenvalue weighted by Gasteiger charge is 2.35. The number of carbonyl (C=O) groups excluding carboxylic acids is 1. The maximum absolute atomic E-state index is 11.2. The van der Waals surface area contributed by atoms with E-state index in [0.717, 1.165) is 17.4 Å². The first-order valence-corrected chi connectivity index (χ1v) is 5.85. The molecule has 0 unspecified atom stereocenters. The standard InChI is InChI=1S/C16H14O/c1-16(2)13-8-4-3-7-12(13)15-11(10-17)6-5-9-14(15)16/h3-10H,1-2H3. The summed E-state index contributed by atoms with van der Waals surface area (Å²) in [5.74, 6) is 0.